The molecule has 6 atom stereocenters. The van der Waals surface area contributed by atoms with Crippen LogP contribution in [-0.4, -0.2) is 108 Å². The van der Waals surface area contributed by atoms with Crippen LogP contribution in [0.15, 0.2) is 189 Å². The summed E-state index contributed by atoms with van der Waals surface area (Å²) >= 11 is 0. The zero-order chi connectivity index (χ0) is 61.5. The van der Waals surface area contributed by atoms with Gasteiger partial charge in [-0.05, 0) is 103 Å². The lowest BCUT2D eigenvalue weighted by molar-refractivity contribution is -0.140. The van der Waals surface area contributed by atoms with Gasteiger partial charge in [-0.2, -0.15) is 0 Å². The molecule has 2 aliphatic heterocycles. The number of methoxy groups -OCH3 is 4. The van der Waals surface area contributed by atoms with Gasteiger partial charge < -0.3 is 52.8 Å². The summed E-state index contributed by atoms with van der Waals surface area (Å²) < 4.78 is 54.5. The van der Waals surface area contributed by atoms with E-state index in [2.05, 4.69) is 14.7 Å². The van der Waals surface area contributed by atoms with Crippen molar-refractivity contribution in [2.24, 2.45) is 0 Å². The number of H-pyrrole nitrogens is 2. The van der Waals surface area contributed by atoms with Gasteiger partial charge in [0, 0.05) is 43.3 Å². The Hall–Kier alpha value is -8.89. The number of aromatic amines is 2. The molecule has 86 heavy (non-hydrogen) atoms. The van der Waals surface area contributed by atoms with Gasteiger partial charge in [0.15, 0.2) is 0 Å². The molecule has 0 saturated carbocycles. The van der Waals surface area contributed by atoms with Crippen LogP contribution < -0.4 is 41.4 Å². The first-order chi connectivity index (χ1) is 41.5. The van der Waals surface area contributed by atoms with Crippen molar-refractivity contribution >= 4 is 5.97 Å². The van der Waals surface area contributed by atoms with Gasteiger partial charge in [-0.3, -0.25) is 33.5 Å². The zero-order valence-corrected chi connectivity index (χ0v) is 49.2. The lowest BCUT2D eigenvalue weighted by Crippen LogP contribution is -2.38. The van der Waals surface area contributed by atoms with Crippen LogP contribution in [0.5, 0.6) is 23.0 Å². The minimum atomic E-state index is -1.08. The second-order valence-electron chi connectivity index (χ2n) is 20.4. The molecule has 0 aliphatic carbocycles. The maximum Gasteiger partial charge on any atom is 0.330 e. The molecule has 0 radical (unpaired) electrons. The van der Waals surface area contributed by atoms with Crippen molar-refractivity contribution < 1.29 is 57.6 Å². The van der Waals surface area contributed by atoms with Crippen LogP contribution in [-0.2, 0) is 39.7 Å². The maximum atomic E-state index is 12.5. The molecule has 8 aromatic rings. The van der Waals surface area contributed by atoms with E-state index < -0.39 is 70.6 Å². The van der Waals surface area contributed by atoms with Crippen molar-refractivity contribution in [1.29, 1.82) is 0 Å². The Morgan fingerprint density at radius 2 is 0.791 bits per heavy atom. The summed E-state index contributed by atoms with van der Waals surface area (Å²) in [7, 11) is 6.46. The molecular weight excluding hydrogens is 1100 g/mol. The van der Waals surface area contributed by atoms with Crippen molar-refractivity contribution in [3.63, 3.8) is 0 Å². The molecule has 4 N–H and O–H groups in total. The summed E-state index contributed by atoms with van der Waals surface area (Å²) in [4.78, 5) is 63.0. The predicted octanol–water partition coefficient (Wildman–Crippen LogP) is 7.61. The molecule has 2 fully saturated rings. The van der Waals surface area contributed by atoms with Gasteiger partial charge in [0.05, 0.1) is 60.5 Å². The minimum absolute atomic E-state index is 0.0156. The van der Waals surface area contributed by atoms with Gasteiger partial charge in [0.2, 0.25) is 0 Å². The number of carbonyl (C=O) groups is 1. The Morgan fingerprint density at radius 3 is 1.05 bits per heavy atom. The highest BCUT2D eigenvalue weighted by atomic mass is 16.6. The van der Waals surface area contributed by atoms with Crippen LogP contribution in [0.4, 0.5) is 0 Å². The van der Waals surface area contributed by atoms with Gasteiger partial charge in [-0.25, -0.2) is 9.59 Å². The van der Waals surface area contributed by atoms with Gasteiger partial charge in [-0.15, -0.1) is 0 Å². The Balaban J connectivity index is 0.000000204. The van der Waals surface area contributed by atoms with Crippen molar-refractivity contribution in [3.8, 4) is 23.0 Å². The van der Waals surface area contributed by atoms with Gasteiger partial charge >= 0.3 is 17.3 Å². The van der Waals surface area contributed by atoms with Crippen LogP contribution >= 0.6 is 0 Å². The largest absolute Gasteiger partial charge is 0.497 e. The quantitative estimate of drug-likeness (QED) is 0.0449. The van der Waals surface area contributed by atoms with E-state index in [9.17, 15) is 34.2 Å². The van der Waals surface area contributed by atoms with Crippen LogP contribution in [0.3, 0.4) is 0 Å². The first-order valence-corrected chi connectivity index (χ1v) is 27.9. The summed E-state index contributed by atoms with van der Waals surface area (Å²) in [5.41, 5.74) is 1.65. The highest BCUT2D eigenvalue weighted by Gasteiger charge is 2.44. The van der Waals surface area contributed by atoms with E-state index in [0.29, 0.717) is 40.7 Å². The van der Waals surface area contributed by atoms with Gasteiger partial charge in [0.25, 0.3) is 11.1 Å². The summed E-state index contributed by atoms with van der Waals surface area (Å²) in [5.74, 6) is 2.62. The number of hydrogen-bond donors (Lipinski definition) is 4. The van der Waals surface area contributed by atoms with Gasteiger partial charge in [0.1, 0.15) is 58.9 Å². The molecule has 20 heteroatoms. The smallest absolute Gasteiger partial charge is 0.330 e. The van der Waals surface area contributed by atoms with Crippen molar-refractivity contribution in [1.82, 2.24) is 19.1 Å². The van der Waals surface area contributed by atoms with E-state index in [1.807, 2.05) is 158 Å². The van der Waals surface area contributed by atoms with Crippen molar-refractivity contribution in [3.05, 3.63) is 256 Å². The molecule has 0 unspecified atom stereocenters. The third-order valence-corrected chi connectivity index (χ3v) is 14.9. The summed E-state index contributed by atoms with van der Waals surface area (Å²) in [6.45, 7) is 6.90. The summed E-state index contributed by atoms with van der Waals surface area (Å²) in [5, 5.41) is 21.9. The molecule has 6 aromatic carbocycles. The van der Waals surface area contributed by atoms with Crippen molar-refractivity contribution in [2.45, 2.75) is 88.6 Å². The van der Waals surface area contributed by atoms with Crippen LogP contribution in [0, 0.1) is 13.8 Å². The fourth-order valence-electron chi connectivity index (χ4n) is 10.4. The van der Waals surface area contributed by atoms with Crippen LogP contribution in [0.1, 0.15) is 83.7 Å². The maximum absolute atomic E-state index is 12.5. The third-order valence-electron chi connectivity index (χ3n) is 14.9. The number of rotatable bonds is 19. The average molecular weight is 1180 g/mol. The Kier molecular flexibility index (Phi) is 21.1. The second kappa shape index (κ2) is 28.8. The summed E-state index contributed by atoms with van der Waals surface area (Å²) in [6, 6.07) is 50.3. The molecule has 2 aromatic heterocycles. The first-order valence-electron chi connectivity index (χ1n) is 27.9. The molecule has 2 aliphatic rings. The molecule has 0 bridgehead atoms. The number of carbonyl (C=O) groups excluding carboxylic acids is 1. The molecule has 20 nitrogen and oxygen atoms in total. The van der Waals surface area contributed by atoms with Crippen molar-refractivity contribution in [2.75, 3.05) is 48.3 Å². The summed E-state index contributed by atoms with van der Waals surface area (Å²) in [6.07, 6.45) is -1.53. The number of nitrogens with zero attached hydrogens (tertiary/aromatic N) is 2. The van der Waals surface area contributed by atoms with E-state index in [4.69, 9.17) is 37.9 Å². The SMILES string of the molecule is CCOC(C)=O.COc1ccc(C(OC[C@H]2O[C@@H](n3cc(C)c(=O)[nH]c3=O)C[C@@H]2O)(c2ccccc2)c2ccc(OC)cc2)cc1.COc1ccc(C(OC[C@H]2O[C@@H](n3cc(C)c(=O)[nH]c3=O)C[C@@H]2O)(c2ccccc2)c2ccc(OC)cc2)cc1. The Morgan fingerprint density at radius 1 is 0.500 bits per heavy atom. The fraction of sp³-hybridized carbons (Fsp3) is 0.318. The van der Waals surface area contributed by atoms with Gasteiger partial charge in [-0.1, -0.05) is 109 Å². The molecule has 10 rings (SSSR count). The molecular formula is C66H72N4O16. The Labute approximate surface area is 497 Å². The number of hydrogen-bond acceptors (Lipinski definition) is 16. The molecule has 2 saturated heterocycles. The van der Waals surface area contributed by atoms with E-state index >= 15 is 0 Å². The number of nitrogens with one attached hydrogen (secondary N) is 2. The number of esters is 1. The zero-order valence-electron chi connectivity index (χ0n) is 49.2. The molecule has 452 valence electrons. The number of benzene rings is 6. The van der Waals surface area contributed by atoms with E-state index in [1.165, 1.54) is 28.5 Å². The molecule has 0 amide bonds. The van der Waals surface area contributed by atoms with Crippen LogP contribution in [0.25, 0.3) is 0 Å². The first kappa shape index (κ1) is 63.1. The minimum Gasteiger partial charge on any atom is -0.497 e. The number of aliphatic hydroxyl groups is 2. The highest BCUT2D eigenvalue weighted by Crippen LogP contribution is 2.45. The number of aliphatic hydroxyl groups excluding tert-OH is 2. The second-order valence-corrected chi connectivity index (χ2v) is 20.4. The lowest BCUT2D eigenvalue weighted by atomic mass is 9.80. The van der Waals surface area contributed by atoms with E-state index in [1.54, 1.807) is 49.2 Å². The number of aromatic nitrogens is 4. The predicted molar refractivity (Wildman–Crippen MR) is 320 cm³/mol. The number of ether oxygens (including phenoxy) is 9. The number of aryl methyl sites for hydroxylation is 2. The molecule has 4 heterocycles. The fourth-order valence-corrected chi connectivity index (χ4v) is 10.4. The van der Waals surface area contributed by atoms with E-state index in [-0.39, 0.29) is 32.0 Å². The standard InChI is InChI=1S/2C31H32N2O7.C4H8O2/c2*1-20-18-33(30(36)32-29(20)35)28-17-26(34)27(40-28)19-39-31(21-7-5-4-6-8-21,22-9-13-24(37-2)14-10-22)23-11-15-25(38-3)16-12-23;1-3-6-4(2)5/h2*4-16,18,26-28,34H,17,19H2,1-3H3,(H,32,35,36);3H2,1-2H3/t2*26-,27+,28+;/m00./s1. The monoisotopic (exact) mass is 1180 g/mol. The molecule has 0 spiro atoms. The lowest BCUT2D eigenvalue weighted by Gasteiger charge is -2.37. The Bertz CT molecular complexity index is 3390. The highest BCUT2D eigenvalue weighted by molar-refractivity contribution is 5.65. The topological polar surface area (TPSA) is 250 Å². The van der Waals surface area contributed by atoms with Crippen LogP contribution in [0.2, 0.25) is 0 Å². The van der Waals surface area contributed by atoms with E-state index in [0.717, 1.165) is 33.4 Å². The third kappa shape index (κ3) is 14.3. The normalized spacial score (nSPS) is 18.2. The average Bonchev–Trinajstić information content (AvgIpc) is 2.19.